The molecule has 1 fully saturated rings. The number of aryl methyl sites for hydroxylation is 1. The molecule has 2 N–H and O–H groups in total. The van der Waals surface area contributed by atoms with Gasteiger partial charge in [-0.25, -0.2) is 4.99 Å². The maximum absolute atomic E-state index is 4.73. The van der Waals surface area contributed by atoms with Gasteiger partial charge in [0.15, 0.2) is 5.96 Å². The van der Waals surface area contributed by atoms with Crippen LogP contribution in [-0.2, 0) is 6.54 Å². The maximum Gasteiger partial charge on any atom is 0.191 e. The van der Waals surface area contributed by atoms with E-state index >= 15 is 0 Å². The standard InChI is InChI=1S/C18H30N4.HI/c1-4-19-18(20-13-16-10-7-6-9-15(16)3)21-14-17-11-8-12-22(17)5-2;/h6-7,9-10,17H,4-5,8,11-14H2,1-3H3,(H2,19,20,21);1H. The Kier molecular flexibility index (Phi) is 9.55. The molecule has 130 valence electrons. The Bertz CT molecular complexity index is 490. The largest absolute Gasteiger partial charge is 0.357 e. The zero-order valence-corrected chi connectivity index (χ0v) is 17.0. The molecule has 1 heterocycles. The number of nitrogens with one attached hydrogen (secondary N) is 2. The van der Waals surface area contributed by atoms with E-state index in [0.29, 0.717) is 6.04 Å². The fraction of sp³-hybridized carbons (Fsp3) is 0.611. The number of hydrogen-bond donors (Lipinski definition) is 2. The second kappa shape index (κ2) is 10.9. The Morgan fingerprint density at radius 1 is 1.26 bits per heavy atom. The molecule has 1 saturated heterocycles. The zero-order valence-electron chi connectivity index (χ0n) is 14.6. The predicted octanol–water partition coefficient (Wildman–Crippen LogP) is 3.15. The molecule has 1 aliphatic heterocycles. The van der Waals surface area contributed by atoms with Crippen molar-refractivity contribution in [2.45, 2.75) is 46.2 Å². The molecule has 0 saturated carbocycles. The van der Waals surface area contributed by atoms with Crippen LogP contribution in [0.1, 0.15) is 37.8 Å². The van der Waals surface area contributed by atoms with Gasteiger partial charge in [-0.3, -0.25) is 4.90 Å². The number of likely N-dealkylation sites (N-methyl/N-ethyl adjacent to an activating group) is 1. The highest BCUT2D eigenvalue weighted by Crippen LogP contribution is 2.15. The number of hydrogen-bond acceptors (Lipinski definition) is 2. The van der Waals surface area contributed by atoms with Gasteiger partial charge in [0.25, 0.3) is 0 Å². The molecule has 23 heavy (non-hydrogen) atoms. The Labute approximate surface area is 158 Å². The van der Waals surface area contributed by atoms with E-state index in [1.165, 1.54) is 30.5 Å². The molecule has 0 spiro atoms. The lowest BCUT2D eigenvalue weighted by atomic mass is 10.1. The minimum absolute atomic E-state index is 0. The fourth-order valence-corrected chi connectivity index (χ4v) is 3.05. The van der Waals surface area contributed by atoms with Crippen molar-refractivity contribution in [3.63, 3.8) is 0 Å². The van der Waals surface area contributed by atoms with Crippen molar-refractivity contribution in [1.29, 1.82) is 0 Å². The van der Waals surface area contributed by atoms with Gasteiger partial charge in [0, 0.05) is 19.1 Å². The molecule has 1 unspecified atom stereocenters. The highest BCUT2D eigenvalue weighted by atomic mass is 127. The zero-order chi connectivity index (χ0) is 15.8. The Morgan fingerprint density at radius 2 is 2.04 bits per heavy atom. The molecular weight excluding hydrogens is 399 g/mol. The number of halogens is 1. The summed E-state index contributed by atoms with van der Waals surface area (Å²) in [5.74, 6) is 0.925. The van der Waals surface area contributed by atoms with E-state index in [1.807, 2.05) is 0 Å². The molecule has 1 aliphatic rings. The summed E-state index contributed by atoms with van der Waals surface area (Å²) >= 11 is 0. The van der Waals surface area contributed by atoms with Gasteiger partial charge < -0.3 is 10.6 Å². The molecule has 4 nitrogen and oxygen atoms in total. The molecule has 0 amide bonds. The number of rotatable bonds is 6. The number of nitrogens with zero attached hydrogens (tertiary/aromatic N) is 2. The Morgan fingerprint density at radius 3 is 2.74 bits per heavy atom. The predicted molar refractivity (Wildman–Crippen MR) is 110 cm³/mol. The SMILES string of the molecule is CCNC(=NCc1ccccc1C)NCC1CCCN1CC.I. The van der Waals surface area contributed by atoms with Gasteiger partial charge >= 0.3 is 0 Å². The minimum atomic E-state index is 0. The monoisotopic (exact) mass is 430 g/mol. The molecule has 2 rings (SSSR count). The summed E-state index contributed by atoms with van der Waals surface area (Å²) in [6.45, 7) is 11.5. The van der Waals surface area contributed by atoms with Gasteiger partial charge in [-0.05, 0) is 50.9 Å². The molecule has 0 aromatic heterocycles. The average Bonchev–Trinajstić information content (AvgIpc) is 2.99. The molecule has 1 atom stereocenters. The van der Waals surface area contributed by atoms with Gasteiger partial charge in [0.1, 0.15) is 0 Å². The van der Waals surface area contributed by atoms with Gasteiger partial charge in [0.05, 0.1) is 6.54 Å². The summed E-state index contributed by atoms with van der Waals surface area (Å²) in [5.41, 5.74) is 2.59. The summed E-state index contributed by atoms with van der Waals surface area (Å²) in [4.78, 5) is 7.29. The van der Waals surface area contributed by atoms with Gasteiger partial charge in [0.2, 0.25) is 0 Å². The fourth-order valence-electron chi connectivity index (χ4n) is 3.05. The first kappa shape index (κ1) is 20.2. The molecule has 1 aromatic carbocycles. The Balaban J connectivity index is 0.00000264. The third-order valence-electron chi connectivity index (χ3n) is 4.42. The van der Waals surface area contributed by atoms with E-state index in [-0.39, 0.29) is 24.0 Å². The number of likely N-dealkylation sites (tertiary alicyclic amines) is 1. The van der Waals surface area contributed by atoms with Crippen LogP contribution in [0.4, 0.5) is 0 Å². The first-order valence-electron chi connectivity index (χ1n) is 8.55. The third-order valence-corrected chi connectivity index (χ3v) is 4.42. The average molecular weight is 430 g/mol. The van der Waals surface area contributed by atoms with Crippen LogP contribution in [0.15, 0.2) is 29.3 Å². The summed E-state index contributed by atoms with van der Waals surface area (Å²) in [5, 5.41) is 6.86. The van der Waals surface area contributed by atoms with Crippen LogP contribution < -0.4 is 10.6 Å². The smallest absolute Gasteiger partial charge is 0.191 e. The lowest BCUT2D eigenvalue weighted by Gasteiger charge is -2.24. The Hall–Kier alpha value is -0.820. The van der Waals surface area contributed by atoms with Crippen LogP contribution >= 0.6 is 24.0 Å². The van der Waals surface area contributed by atoms with Crippen molar-refractivity contribution in [2.24, 2.45) is 4.99 Å². The molecule has 0 radical (unpaired) electrons. The number of guanidine groups is 1. The third kappa shape index (κ3) is 6.30. The van der Waals surface area contributed by atoms with Crippen LogP contribution in [-0.4, -0.2) is 43.1 Å². The molecule has 0 aliphatic carbocycles. The van der Waals surface area contributed by atoms with E-state index in [2.05, 4.69) is 60.6 Å². The van der Waals surface area contributed by atoms with E-state index < -0.39 is 0 Å². The lowest BCUT2D eigenvalue weighted by Crippen LogP contribution is -2.44. The quantitative estimate of drug-likeness (QED) is 0.414. The first-order valence-corrected chi connectivity index (χ1v) is 8.55. The second-order valence-corrected chi connectivity index (χ2v) is 5.93. The summed E-state index contributed by atoms with van der Waals surface area (Å²) in [7, 11) is 0. The van der Waals surface area contributed by atoms with Crippen molar-refractivity contribution >= 4 is 29.9 Å². The van der Waals surface area contributed by atoms with Crippen LogP contribution in [0.25, 0.3) is 0 Å². The van der Waals surface area contributed by atoms with E-state index in [1.54, 1.807) is 0 Å². The minimum Gasteiger partial charge on any atom is -0.357 e. The molecular formula is C18H31IN4. The van der Waals surface area contributed by atoms with E-state index in [0.717, 1.165) is 32.1 Å². The maximum atomic E-state index is 4.73. The summed E-state index contributed by atoms with van der Waals surface area (Å²) in [6.07, 6.45) is 2.61. The topological polar surface area (TPSA) is 39.7 Å². The summed E-state index contributed by atoms with van der Waals surface area (Å²) < 4.78 is 0. The first-order chi connectivity index (χ1) is 10.7. The molecule has 0 bridgehead atoms. The highest BCUT2D eigenvalue weighted by molar-refractivity contribution is 14.0. The van der Waals surface area contributed by atoms with E-state index in [9.17, 15) is 0 Å². The molecule has 5 heteroatoms. The van der Waals surface area contributed by atoms with Gasteiger partial charge in [-0.1, -0.05) is 31.2 Å². The lowest BCUT2D eigenvalue weighted by molar-refractivity contribution is 0.267. The number of aliphatic imine (C=N–C) groups is 1. The van der Waals surface area contributed by atoms with Crippen LogP contribution in [0.5, 0.6) is 0 Å². The van der Waals surface area contributed by atoms with Crippen LogP contribution in [0, 0.1) is 6.92 Å². The number of benzene rings is 1. The molecule has 1 aromatic rings. The van der Waals surface area contributed by atoms with Crippen molar-refractivity contribution in [1.82, 2.24) is 15.5 Å². The van der Waals surface area contributed by atoms with E-state index in [4.69, 9.17) is 4.99 Å². The van der Waals surface area contributed by atoms with Gasteiger partial charge in [-0.15, -0.1) is 24.0 Å². The van der Waals surface area contributed by atoms with Crippen LogP contribution in [0.2, 0.25) is 0 Å². The van der Waals surface area contributed by atoms with Crippen molar-refractivity contribution in [3.05, 3.63) is 35.4 Å². The highest BCUT2D eigenvalue weighted by Gasteiger charge is 2.22. The second-order valence-electron chi connectivity index (χ2n) is 5.93. The summed E-state index contributed by atoms with van der Waals surface area (Å²) in [6, 6.07) is 9.09. The van der Waals surface area contributed by atoms with Gasteiger partial charge in [-0.2, -0.15) is 0 Å². The normalized spacial score (nSPS) is 18.6. The van der Waals surface area contributed by atoms with Crippen molar-refractivity contribution < 1.29 is 0 Å². The van der Waals surface area contributed by atoms with Crippen molar-refractivity contribution in [3.8, 4) is 0 Å². The van der Waals surface area contributed by atoms with Crippen LogP contribution in [0.3, 0.4) is 0 Å². The van der Waals surface area contributed by atoms with Crippen molar-refractivity contribution in [2.75, 3.05) is 26.2 Å².